The van der Waals surface area contributed by atoms with E-state index in [1.807, 2.05) is 0 Å². The summed E-state index contributed by atoms with van der Waals surface area (Å²) in [5, 5.41) is 5.01. The van der Waals surface area contributed by atoms with Gasteiger partial charge in [-0.3, -0.25) is 4.79 Å². The summed E-state index contributed by atoms with van der Waals surface area (Å²) in [5.41, 5.74) is 3.23. The summed E-state index contributed by atoms with van der Waals surface area (Å²) in [5.74, 6) is -0.117. The number of carbonyl (C=O) groups excluding carboxylic acids is 2. The van der Waals surface area contributed by atoms with Crippen LogP contribution in [0.3, 0.4) is 0 Å². The fourth-order valence-corrected chi connectivity index (χ4v) is 3.17. The Morgan fingerprint density at radius 2 is 1.76 bits per heavy atom. The molecule has 0 aliphatic heterocycles. The fourth-order valence-electron chi connectivity index (χ4n) is 2.69. The standard InChI is InChI=1S/C24H19Cl3N2O5/c1-14(33-18-5-3-4-17(25)12-18)23(30)29-28-13-15-6-9-21(22(10-15)32-2)34-24(31)16-7-8-19(26)20(27)11-16/h3-14H,1-2H3,(H,29,30). The Hall–Kier alpha value is -3.26. The van der Waals surface area contributed by atoms with Crippen molar-refractivity contribution in [3.05, 3.63) is 86.9 Å². The molecule has 10 heteroatoms. The highest BCUT2D eigenvalue weighted by molar-refractivity contribution is 6.42. The van der Waals surface area contributed by atoms with E-state index in [9.17, 15) is 9.59 Å². The number of nitrogens with one attached hydrogen (secondary N) is 1. The Morgan fingerprint density at radius 1 is 0.971 bits per heavy atom. The number of halogens is 3. The molecule has 0 spiro atoms. The highest BCUT2D eigenvalue weighted by atomic mass is 35.5. The van der Waals surface area contributed by atoms with E-state index in [-0.39, 0.29) is 16.3 Å². The normalized spacial score (nSPS) is 11.7. The lowest BCUT2D eigenvalue weighted by Crippen LogP contribution is -2.33. The third-order valence-electron chi connectivity index (χ3n) is 4.41. The summed E-state index contributed by atoms with van der Waals surface area (Å²) in [7, 11) is 1.43. The molecule has 3 rings (SSSR count). The predicted molar refractivity (Wildman–Crippen MR) is 132 cm³/mol. The van der Waals surface area contributed by atoms with Crippen LogP contribution in [0.5, 0.6) is 17.2 Å². The van der Waals surface area contributed by atoms with Crippen LogP contribution in [0, 0.1) is 0 Å². The molecule has 0 aromatic heterocycles. The van der Waals surface area contributed by atoms with Gasteiger partial charge in [-0.1, -0.05) is 40.9 Å². The summed E-state index contributed by atoms with van der Waals surface area (Å²) in [4.78, 5) is 24.6. The van der Waals surface area contributed by atoms with Crippen molar-refractivity contribution in [1.29, 1.82) is 0 Å². The van der Waals surface area contributed by atoms with Crippen LogP contribution in [0.1, 0.15) is 22.8 Å². The maximum atomic E-state index is 12.4. The molecular formula is C24H19Cl3N2O5. The molecule has 0 aliphatic carbocycles. The summed E-state index contributed by atoms with van der Waals surface area (Å²) in [6, 6.07) is 15.9. The summed E-state index contributed by atoms with van der Waals surface area (Å²) in [6.07, 6.45) is 0.616. The van der Waals surface area contributed by atoms with Gasteiger partial charge in [0.05, 0.1) is 28.9 Å². The monoisotopic (exact) mass is 520 g/mol. The van der Waals surface area contributed by atoms with Crippen molar-refractivity contribution < 1.29 is 23.8 Å². The molecule has 0 heterocycles. The average molecular weight is 522 g/mol. The average Bonchev–Trinajstić information content (AvgIpc) is 2.81. The first-order valence-electron chi connectivity index (χ1n) is 9.87. The Morgan fingerprint density at radius 3 is 2.47 bits per heavy atom. The molecule has 0 saturated carbocycles. The Bertz CT molecular complexity index is 1230. The van der Waals surface area contributed by atoms with Gasteiger partial charge >= 0.3 is 5.97 Å². The number of methoxy groups -OCH3 is 1. The van der Waals surface area contributed by atoms with Crippen LogP contribution in [0.25, 0.3) is 0 Å². The maximum Gasteiger partial charge on any atom is 0.343 e. The molecule has 0 radical (unpaired) electrons. The lowest BCUT2D eigenvalue weighted by Gasteiger charge is -2.13. The van der Waals surface area contributed by atoms with E-state index < -0.39 is 18.0 Å². The Labute approximate surface area is 211 Å². The first-order valence-corrected chi connectivity index (χ1v) is 11.0. The van der Waals surface area contributed by atoms with Gasteiger partial charge in [0.2, 0.25) is 0 Å². The van der Waals surface area contributed by atoms with Gasteiger partial charge in [0, 0.05) is 5.02 Å². The number of benzene rings is 3. The highest BCUT2D eigenvalue weighted by Crippen LogP contribution is 2.29. The number of hydrazone groups is 1. The van der Waals surface area contributed by atoms with Crippen LogP contribution in [0.2, 0.25) is 15.1 Å². The van der Waals surface area contributed by atoms with E-state index in [1.54, 1.807) is 49.4 Å². The van der Waals surface area contributed by atoms with Gasteiger partial charge in [-0.25, -0.2) is 10.2 Å². The molecule has 0 bridgehead atoms. The number of amides is 1. The quantitative estimate of drug-likeness (QED) is 0.175. The second-order valence-corrected chi connectivity index (χ2v) is 8.13. The molecule has 3 aromatic carbocycles. The van der Waals surface area contributed by atoms with Crippen molar-refractivity contribution in [3.8, 4) is 17.2 Å². The van der Waals surface area contributed by atoms with E-state index in [0.29, 0.717) is 27.1 Å². The van der Waals surface area contributed by atoms with Crippen molar-refractivity contribution in [3.63, 3.8) is 0 Å². The molecule has 176 valence electrons. The molecule has 34 heavy (non-hydrogen) atoms. The number of carbonyl (C=O) groups is 2. The SMILES string of the molecule is COc1cc(C=NNC(=O)C(C)Oc2cccc(Cl)c2)ccc1OC(=O)c1ccc(Cl)c(Cl)c1. The summed E-state index contributed by atoms with van der Waals surface area (Å²) >= 11 is 17.7. The number of nitrogens with zero attached hydrogens (tertiary/aromatic N) is 1. The summed E-state index contributed by atoms with van der Waals surface area (Å²) < 4.78 is 16.3. The molecule has 0 fully saturated rings. The van der Waals surface area contributed by atoms with E-state index in [2.05, 4.69) is 10.5 Å². The number of ether oxygens (including phenoxy) is 3. The summed E-state index contributed by atoms with van der Waals surface area (Å²) in [6.45, 7) is 1.59. The minimum absolute atomic E-state index is 0.198. The first-order chi connectivity index (χ1) is 16.3. The van der Waals surface area contributed by atoms with Crippen molar-refractivity contribution in [2.24, 2.45) is 5.10 Å². The molecule has 0 aliphatic rings. The zero-order valence-electron chi connectivity index (χ0n) is 18.1. The minimum atomic E-state index is -0.798. The van der Waals surface area contributed by atoms with Crippen LogP contribution in [-0.2, 0) is 4.79 Å². The smallest absolute Gasteiger partial charge is 0.343 e. The van der Waals surface area contributed by atoms with Crippen molar-refractivity contribution in [2.45, 2.75) is 13.0 Å². The number of hydrogen-bond donors (Lipinski definition) is 1. The van der Waals surface area contributed by atoms with Gasteiger partial charge in [-0.2, -0.15) is 5.10 Å². The minimum Gasteiger partial charge on any atom is -0.493 e. The van der Waals surface area contributed by atoms with Gasteiger partial charge < -0.3 is 14.2 Å². The largest absolute Gasteiger partial charge is 0.493 e. The lowest BCUT2D eigenvalue weighted by atomic mass is 10.2. The van der Waals surface area contributed by atoms with Crippen LogP contribution in [-0.4, -0.2) is 31.3 Å². The van der Waals surface area contributed by atoms with Crippen LogP contribution in [0.15, 0.2) is 65.8 Å². The number of esters is 1. The van der Waals surface area contributed by atoms with Gasteiger partial charge in [0.1, 0.15) is 5.75 Å². The van der Waals surface area contributed by atoms with Crippen molar-refractivity contribution in [2.75, 3.05) is 7.11 Å². The first kappa shape index (κ1) is 25.4. The Kier molecular flexibility index (Phi) is 8.76. The molecule has 1 N–H and O–H groups in total. The van der Waals surface area contributed by atoms with Crippen molar-refractivity contribution in [1.82, 2.24) is 5.43 Å². The van der Waals surface area contributed by atoms with E-state index in [0.717, 1.165) is 0 Å². The third-order valence-corrected chi connectivity index (χ3v) is 5.39. The van der Waals surface area contributed by atoms with E-state index >= 15 is 0 Å². The third kappa shape index (κ3) is 6.87. The zero-order valence-corrected chi connectivity index (χ0v) is 20.3. The van der Waals surface area contributed by atoms with Gasteiger partial charge in [-0.05, 0) is 67.1 Å². The zero-order chi connectivity index (χ0) is 24.7. The maximum absolute atomic E-state index is 12.4. The molecule has 1 amide bonds. The van der Waals surface area contributed by atoms with E-state index in [4.69, 9.17) is 49.0 Å². The topological polar surface area (TPSA) is 86.2 Å². The van der Waals surface area contributed by atoms with Gasteiger partial charge in [0.25, 0.3) is 5.91 Å². The molecule has 7 nitrogen and oxygen atoms in total. The van der Waals surface area contributed by atoms with Crippen molar-refractivity contribution >= 4 is 52.9 Å². The second-order valence-electron chi connectivity index (χ2n) is 6.88. The van der Waals surface area contributed by atoms with Gasteiger partial charge in [-0.15, -0.1) is 0 Å². The van der Waals surface area contributed by atoms with Gasteiger partial charge in [0.15, 0.2) is 17.6 Å². The molecule has 3 aromatic rings. The van der Waals surface area contributed by atoms with Crippen LogP contribution >= 0.6 is 34.8 Å². The fraction of sp³-hybridized carbons (Fsp3) is 0.125. The van der Waals surface area contributed by atoms with Crippen LogP contribution < -0.4 is 19.6 Å². The molecule has 1 unspecified atom stereocenters. The van der Waals surface area contributed by atoms with E-state index in [1.165, 1.54) is 31.5 Å². The molecule has 0 saturated heterocycles. The lowest BCUT2D eigenvalue weighted by molar-refractivity contribution is -0.127. The predicted octanol–water partition coefficient (Wildman–Crippen LogP) is 5.79. The highest BCUT2D eigenvalue weighted by Gasteiger charge is 2.15. The van der Waals surface area contributed by atoms with Crippen LogP contribution in [0.4, 0.5) is 0 Å². The molecule has 1 atom stereocenters. The second kappa shape index (κ2) is 11.7. The Balaban J connectivity index is 1.61. The molecular weight excluding hydrogens is 503 g/mol. The number of hydrogen-bond acceptors (Lipinski definition) is 6. The number of rotatable bonds is 8.